The van der Waals surface area contributed by atoms with Gasteiger partial charge in [-0.3, -0.25) is 4.79 Å². The van der Waals surface area contributed by atoms with Gasteiger partial charge in [-0.1, -0.05) is 6.92 Å². The van der Waals surface area contributed by atoms with Crippen molar-refractivity contribution in [3.05, 3.63) is 48.2 Å². The highest BCUT2D eigenvalue weighted by molar-refractivity contribution is 5.95. The van der Waals surface area contributed by atoms with E-state index in [-0.39, 0.29) is 5.91 Å². The Balaban J connectivity index is 1.40. The van der Waals surface area contributed by atoms with Crippen LogP contribution in [0.4, 0.5) is 17.2 Å². The molecule has 0 atom stereocenters. The summed E-state index contributed by atoms with van der Waals surface area (Å²) in [5.41, 5.74) is 2.90. The summed E-state index contributed by atoms with van der Waals surface area (Å²) in [6, 6.07) is 12.4. The number of carbonyl (C=O) groups excluding carboxylic acids is 1. The molecule has 2 N–H and O–H groups in total. The number of carbonyl (C=O) groups is 1. The average Bonchev–Trinajstić information content (AvgIpc) is 3.47. The molecule has 0 radical (unpaired) electrons. The lowest BCUT2D eigenvalue weighted by Crippen LogP contribution is -2.32. The molecule has 1 amide bonds. The fraction of sp³-hybridized carbons (Fsp3) is 0.429. The predicted octanol–water partition coefficient (Wildman–Crippen LogP) is 3.95. The van der Waals surface area contributed by atoms with Crippen molar-refractivity contribution in [2.24, 2.45) is 5.92 Å². The molecule has 0 bridgehead atoms. The molecule has 1 saturated carbocycles. The summed E-state index contributed by atoms with van der Waals surface area (Å²) in [6.07, 6.45) is 6.38. The van der Waals surface area contributed by atoms with Crippen molar-refractivity contribution in [2.75, 3.05) is 23.3 Å². The molecule has 1 aromatic carbocycles. The SMILES string of the molecule is CC1CCN(c2ccc(Nc3cc(C(=O)NC4CC4)ccn3)cc2)CC1. The van der Waals surface area contributed by atoms with Gasteiger partial charge in [-0.05, 0) is 68.0 Å². The van der Waals surface area contributed by atoms with E-state index >= 15 is 0 Å². The molecular formula is C21H26N4O. The quantitative estimate of drug-likeness (QED) is 0.857. The van der Waals surface area contributed by atoms with Gasteiger partial charge in [0.15, 0.2) is 0 Å². The second-order valence-electron chi connectivity index (χ2n) is 7.52. The fourth-order valence-corrected chi connectivity index (χ4v) is 3.31. The second kappa shape index (κ2) is 7.36. The lowest BCUT2D eigenvalue weighted by molar-refractivity contribution is 0.0951. The minimum absolute atomic E-state index is 0.0207. The zero-order valence-electron chi connectivity index (χ0n) is 15.2. The number of rotatable bonds is 5. The van der Waals surface area contributed by atoms with Gasteiger partial charge in [0.2, 0.25) is 0 Å². The van der Waals surface area contributed by atoms with Crippen molar-refractivity contribution < 1.29 is 4.79 Å². The van der Waals surface area contributed by atoms with Gasteiger partial charge in [-0.2, -0.15) is 0 Å². The number of anilines is 3. The third kappa shape index (κ3) is 4.15. The van der Waals surface area contributed by atoms with Crippen molar-refractivity contribution in [3.63, 3.8) is 0 Å². The van der Waals surface area contributed by atoms with Gasteiger partial charge in [0, 0.05) is 42.3 Å². The van der Waals surface area contributed by atoms with Crippen LogP contribution in [0.2, 0.25) is 0 Å². The minimum atomic E-state index is -0.0207. The van der Waals surface area contributed by atoms with E-state index in [0.717, 1.165) is 37.5 Å². The van der Waals surface area contributed by atoms with Gasteiger partial charge in [0.1, 0.15) is 5.82 Å². The smallest absolute Gasteiger partial charge is 0.251 e. The zero-order chi connectivity index (χ0) is 17.9. The van der Waals surface area contributed by atoms with E-state index in [9.17, 15) is 4.79 Å². The van der Waals surface area contributed by atoms with Crippen LogP contribution in [0, 0.1) is 5.92 Å². The Morgan fingerprint density at radius 1 is 1.08 bits per heavy atom. The third-order valence-corrected chi connectivity index (χ3v) is 5.22. The molecule has 1 aromatic heterocycles. The van der Waals surface area contributed by atoms with Crippen molar-refractivity contribution in [2.45, 2.75) is 38.6 Å². The first-order chi connectivity index (χ1) is 12.7. The lowest BCUT2D eigenvalue weighted by atomic mass is 9.99. The minimum Gasteiger partial charge on any atom is -0.372 e. The molecule has 1 aliphatic heterocycles. The van der Waals surface area contributed by atoms with Gasteiger partial charge in [-0.15, -0.1) is 0 Å². The maximum absolute atomic E-state index is 12.2. The van der Waals surface area contributed by atoms with Gasteiger partial charge in [0.25, 0.3) is 5.91 Å². The van der Waals surface area contributed by atoms with E-state index in [1.54, 1.807) is 18.3 Å². The fourth-order valence-electron chi connectivity index (χ4n) is 3.31. The van der Waals surface area contributed by atoms with Gasteiger partial charge in [-0.25, -0.2) is 4.98 Å². The number of benzene rings is 1. The van der Waals surface area contributed by atoms with Crippen LogP contribution in [-0.2, 0) is 0 Å². The number of pyridine rings is 1. The van der Waals surface area contributed by atoms with Crippen LogP contribution in [0.25, 0.3) is 0 Å². The largest absolute Gasteiger partial charge is 0.372 e. The summed E-state index contributed by atoms with van der Waals surface area (Å²) in [5, 5.41) is 6.30. The third-order valence-electron chi connectivity index (χ3n) is 5.22. The standard InChI is InChI=1S/C21H26N4O/c1-15-9-12-25(13-10-15)19-6-4-17(5-7-19)23-20-14-16(8-11-22-20)21(26)24-18-2-3-18/h4-8,11,14-15,18H,2-3,9-10,12-13H2,1H3,(H,22,23)(H,24,26). The average molecular weight is 350 g/mol. The van der Waals surface area contributed by atoms with Crippen LogP contribution in [0.1, 0.15) is 43.0 Å². The maximum Gasteiger partial charge on any atom is 0.251 e. The number of piperidine rings is 1. The van der Waals surface area contributed by atoms with E-state index in [1.807, 2.05) is 0 Å². The molecule has 2 aliphatic rings. The van der Waals surface area contributed by atoms with Crippen molar-refractivity contribution in [1.82, 2.24) is 10.3 Å². The van der Waals surface area contributed by atoms with Crippen LogP contribution in [0.5, 0.6) is 0 Å². The first-order valence-electron chi connectivity index (χ1n) is 9.56. The number of aromatic nitrogens is 1. The number of nitrogens with zero attached hydrogens (tertiary/aromatic N) is 2. The van der Waals surface area contributed by atoms with Crippen molar-refractivity contribution in [1.29, 1.82) is 0 Å². The molecule has 5 heteroatoms. The Bertz CT molecular complexity index is 762. The van der Waals surface area contributed by atoms with Crippen molar-refractivity contribution in [3.8, 4) is 0 Å². The summed E-state index contributed by atoms with van der Waals surface area (Å²) < 4.78 is 0. The summed E-state index contributed by atoms with van der Waals surface area (Å²) >= 11 is 0. The summed E-state index contributed by atoms with van der Waals surface area (Å²) in [6.45, 7) is 4.59. The molecule has 0 spiro atoms. The molecule has 136 valence electrons. The highest BCUT2D eigenvalue weighted by Crippen LogP contribution is 2.25. The molecule has 0 unspecified atom stereocenters. The van der Waals surface area contributed by atoms with Gasteiger partial charge in [0.05, 0.1) is 0 Å². The molecule has 26 heavy (non-hydrogen) atoms. The Labute approximate surface area is 154 Å². The van der Waals surface area contributed by atoms with Crippen LogP contribution >= 0.6 is 0 Å². The number of hydrogen-bond acceptors (Lipinski definition) is 4. The predicted molar refractivity (Wildman–Crippen MR) is 105 cm³/mol. The molecule has 1 saturated heterocycles. The molecule has 1 aliphatic carbocycles. The number of nitrogens with one attached hydrogen (secondary N) is 2. The topological polar surface area (TPSA) is 57.3 Å². The van der Waals surface area contributed by atoms with Crippen LogP contribution in [-0.4, -0.2) is 30.0 Å². The number of hydrogen-bond donors (Lipinski definition) is 2. The second-order valence-corrected chi connectivity index (χ2v) is 7.52. The monoisotopic (exact) mass is 350 g/mol. The van der Waals surface area contributed by atoms with Gasteiger partial charge < -0.3 is 15.5 Å². The van der Waals surface area contributed by atoms with E-state index in [0.29, 0.717) is 17.4 Å². The molecule has 2 heterocycles. The lowest BCUT2D eigenvalue weighted by Gasteiger charge is -2.32. The normalized spacial score (nSPS) is 17.8. The Morgan fingerprint density at radius 3 is 2.50 bits per heavy atom. The molecule has 4 rings (SSSR count). The molecule has 2 fully saturated rings. The Morgan fingerprint density at radius 2 is 1.81 bits per heavy atom. The molecule has 2 aromatic rings. The molecule has 5 nitrogen and oxygen atoms in total. The van der Waals surface area contributed by atoms with E-state index < -0.39 is 0 Å². The van der Waals surface area contributed by atoms with Crippen LogP contribution < -0.4 is 15.5 Å². The van der Waals surface area contributed by atoms with Crippen LogP contribution in [0.15, 0.2) is 42.6 Å². The Hall–Kier alpha value is -2.56. The Kier molecular flexibility index (Phi) is 4.78. The number of amides is 1. The summed E-state index contributed by atoms with van der Waals surface area (Å²) in [7, 11) is 0. The van der Waals surface area contributed by atoms with E-state index in [1.165, 1.54) is 18.5 Å². The van der Waals surface area contributed by atoms with Gasteiger partial charge >= 0.3 is 0 Å². The summed E-state index contributed by atoms with van der Waals surface area (Å²) in [5.74, 6) is 1.50. The first kappa shape index (κ1) is 16.9. The van der Waals surface area contributed by atoms with Crippen LogP contribution in [0.3, 0.4) is 0 Å². The van der Waals surface area contributed by atoms with Crippen molar-refractivity contribution >= 4 is 23.1 Å². The highest BCUT2D eigenvalue weighted by Gasteiger charge is 2.23. The van der Waals surface area contributed by atoms with E-state index in [2.05, 4.69) is 51.7 Å². The van der Waals surface area contributed by atoms with E-state index in [4.69, 9.17) is 0 Å². The first-order valence-corrected chi connectivity index (χ1v) is 9.56. The molecular weight excluding hydrogens is 324 g/mol. The maximum atomic E-state index is 12.2. The summed E-state index contributed by atoms with van der Waals surface area (Å²) in [4.78, 5) is 19.0. The zero-order valence-corrected chi connectivity index (χ0v) is 15.2. The highest BCUT2D eigenvalue weighted by atomic mass is 16.1.